The van der Waals surface area contributed by atoms with Crippen LogP contribution in [0.25, 0.3) is 33.4 Å². The summed E-state index contributed by atoms with van der Waals surface area (Å²) in [5.74, 6) is -0.349. The van der Waals surface area contributed by atoms with Gasteiger partial charge in [-0.3, -0.25) is 9.48 Å². The fourth-order valence-corrected chi connectivity index (χ4v) is 4.75. The highest BCUT2D eigenvalue weighted by molar-refractivity contribution is 6.00. The van der Waals surface area contributed by atoms with Crippen LogP contribution in [0.3, 0.4) is 0 Å². The number of aliphatic hydroxyl groups is 2. The second-order valence-corrected chi connectivity index (χ2v) is 9.14. The minimum absolute atomic E-state index is 0.232. The molecule has 0 spiro atoms. The predicted molar refractivity (Wildman–Crippen MR) is 141 cm³/mol. The topological polar surface area (TPSA) is 153 Å². The first-order chi connectivity index (χ1) is 18.4. The molecule has 1 saturated heterocycles. The van der Waals surface area contributed by atoms with Crippen molar-refractivity contribution in [3.8, 4) is 22.4 Å². The van der Waals surface area contributed by atoms with E-state index in [9.17, 15) is 15.0 Å². The molecule has 38 heavy (non-hydrogen) atoms. The van der Waals surface area contributed by atoms with Crippen LogP contribution in [0.5, 0.6) is 0 Å². The predicted octanol–water partition coefficient (Wildman–Crippen LogP) is 2.34. The van der Waals surface area contributed by atoms with E-state index in [0.29, 0.717) is 28.0 Å². The summed E-state index contributed by atoms with van der Waals surface area (Å²) in [6.45, 7) is 0. The Morgan fingerprint density at radius 2 is 1.74 bits per heavy atom. The lowest BCUT2D eigenvalue weighted by Gasteiger charge is -2.17. The van der Waals surface area contributed by atoms with Gasteiger partial charge in [-0.25, -0.2) is 9.97 Å². The molecule has 4 heterocycles. The van der Waals surface area contributed by atoms with Gasteiger partial charge in [-0.1, -0.05) is 42.5 Å². The quantitative estimate of drug-likeness (QED) is 0.280. The van der Waals surface area contributed by atoms with Gasteiger partial charge < -0.3 is 30.6 Å². The number of fused-ring (bicyclic) bond motifs is 1. The van der Waals surface area contributed by atoms with Crippen LogP contribution in [0, 0.1) is 0 Å². The van der Waals surface area contributed by atoms with E-state index < -0.39 is 30.4 Å². The van der Waals surface area contributed by atoms with Crippen molar-refractivity contribution in [1.29, 1.82) is 0 Å². The van der Waals surface area contributed by atoms with E-state index in [1.54, 1.807) is 40.8 Å². The van der Waals surface area contributed by atoms with E-state index >= 15 is 0 Å². The lowest BCUT2D eigenvalue weighted by molar-refractivity contribution is -0.132. The summed E-state index contributed by atoms with van der Waals surface area (Å²) >= 11 is 0. The van der Waals surface area contributed by atoms with E-state index in [1.165, 1.54) is 6.33 Å². The number of nitrogen functional groups attached to an aromatic ring is 1. The molecular weight excluding hydrogens is 486 g/mol. The Morgan fingerprint density at radius 1 is 1.00 bits per heavy atom. The SMILES string of the molecule is Cn1ccc(-c2cn([C@@H]3O[C@H](C(=O)Nc4ccc(-c5ccccc5)cc4)[C@@H](O)[C@H]3O)c3ncnc(N)c23)n1. The highest BCUT2D eigenvalue weighted by Gasteiger charge is 2.48. The first kappa shape index (κ1) is 23.8. The molecular formula is C27H25N7O4. The molecule has 5 N–H and O–H groups in total. The number of aliphatic hydroxyl groups excluding tert-OH is 2. The number of carbonyl (C=O) groups is 1. The zero-order valence-electron chi connectivity index (χ0n) is 20.3. The normalized spacial score (nSPS) is 21.1. The van der Waals surface area contributed by atoms with Crippen LogP contribution >= 0.6 is 0 Å². The highest BCUT2D eigenvalue weighted by Crippen LogP contribution is 2.38. The summed E-state index contributed by atoms with van der Waals surface area (Å²) in [4.78, 5) is 21.5. The Labute approximate surface area is 217 Å². The van der Waals surface area contributed by atoms with Crippen molar-refractivity contribution in [2.45, 2.75) is 24.5 Å². The average molecular weight is 512 g/mol. The smallest absolute Gasteiger partial charge is 0.256 e. The summed E-state index contributed by atoms with van der Waals surface area (Å²) in [5.41, 5.74) is 10.4. The van der Waals surface area contributed by atoms with E-state index in [0.717, 1.165) is 11.1 Å². The molecule has 6 rings (SSSR count). The van der Waals surface area contributed by atoms with Gasteiger partial charge in [0.1, 0.15) is 30.0 Å². The van der Waals surface area contributed by atoms with Crippen LogP contribution in [0.15, 0.2) is 79.4 Å². The molecule has 1 aliphatic rings. The molecule has 192 valence electrons. The Kier molecular flexibility index (Phi) is 5.87. The number of nitrogens with one attached hydrogen (secondary N) is 1. The number of hydrogen-bond acceptors (Lipinski definition) is 8. The molecule has 0 unspecified atom stereocenters. The van der Waals surface area contributed by atoms with Crippen molar-refractivity contribution >= 4 is 28.4 Å². The minimum atomic E-state index is -1.47. The van der Waals surface area contributed by atoms with Crippen molar-refractivity contribution in [2.24, 2.45) is 7.05 Å². The first-order valence-electron chi connectivity index (χ1n) is 12.0. The Balaban J connectivity index is 1.26. The Bertz CT molecular complexity index is 1610. The fraction of sp³-hybridized carbons (Fsp3) is 0.185. The number of anilines is 2. The molecule has 0 bridgehead atoms. The van der Waals surface area contributed by atoms with Crippen LogP contribution in [0.1, 0.15) is 6.23 Å². The summed E-state index contributed by atoms with van der Waals surface area (Å²) in [5, 5.41) is 29.4. The van der Waals surface area contributed by atoms with Crippen LogP contribution in [-0.4, -0.2) is 58.7 Å². The number of carbonyl (C=O) groups excluding carboxylic acids is 1. The van der Waals surface area contributed by atoms with Gasteiger partial charge in [0.25, 0.3) is 5.91 Å². The molecule has 0 saturated carbocycles. The minimum Gasteiger partial charge on any atom is -0.387 e. The summed E-state index contributed by atoms with van der Waals surface area (Å²) in [6, 6.07) is 19.0. The molecule has 1 aliphatic heterocycles. The molecule has 4 atom stereocenters. The van der Waals surface area contributed by atoms with Gasteiger partial charge in [0.15, 0.2) is 12.3 Å². The van der Waals surface area contributed by atoms with E-state index in [4.69, 9.17) is 10.5 Å². The molecule has 0 radical (unpaired) electrons. The maximum Gasteiger partial charge on any atom is 0.256 e. The number of nitrogens with zero attached hydrogens (tertiary/aromatic N) is 5. The van der Waals surface area contributed by atoms with E-state index in [2.05, 4.69) is 20.4 Å². The fourth-order valence-electron chi connectivity index (χ4n) is 4.75. The number of hydrogen-bond donors (Lipinski definition) is 4. The van der Waals surface area contributed by atoms with Gasteiger partial charge in [-0.15, -0.1) is 0 Å². The number of benzene rings is 2. The molecule has 1 fully saturated rings. The van der Waals surface area contributed by atoms with Gasteiger partial charge in [-0.2, -0.15) is 5.10 Å². The maximum atomic E-state index is 13.1. The van der Waals surface area contributed by atoms with Gasteiger partial charge in [0, 0.05) is 30.7 Å². The zero-order chi connectivity index (χ0) is 26.4. The standard InChI is InChI=1S/C27H25N7O4/c1-33-12-11-19(32-33)18-13-34(25-20(18)24(28)29-14-30-25)27-22(36)21(35)23(38-27)26(37)31-17-9-7-16(8-10-17)15-5-3-2-4-6-15/h2-14,21-23,27,35-36H,1H3,(H,31,37)(H2,28,29,30)/t21-,22+,23-,27+/m0/s1. The van der Waals surface area contributed by atoms with Crippen molar-refractivity contribution in [2.75, 3.05) is 11.1 Å². The van der Waals surface area contributed by atoms with Crippen molar-refractivity contribution < 1.29 is 19.7 Å². The monoisotopic (exact) mass is 511 g/mol. The molecule has 11 nitrogen and oxygen atoms in total. The number of ether oxygens (including phenoxy) is 1. The molecule has 3 aromatic heterocycles. The van der Waals surface area contributed by atoms with Crippen molar-refractivity contribution in [3.63, 3.8) is 0 Å². The van der Waals surface area contributed by atoms with Gasteiger partial charge >= 0.3 is 0 Å². The largest absolute Gasteiger partial charge is 0.387 e. The van der Waals surface area contributed by atoms with Crippen LogP contribution in [-0.2, 0) is 16.6 Å². The maximum absolute atomic E-state index is 13.1. The molecule has 11 heteroatoms. The number of rotatable bonds is 5. The van der Waals surface area contributed by atoms with Gasteiger partial charge in [0.05, 0.1) is 11.1 Å². The second kappa shape index (κ2) is 9.38. The summed E-state index contributed by atoms with van der Waals surface area (Å²) in [7, 11) is 1.79. The number of nitrogens with two attached hydrogens (primary N) is 1. The van der Waals surface area contributed by atoms with Gasteiger partial charge in [-0.05, 0) is 29.3 Å². The zero-order valence-corrected chi connectivity index (χ0v) is 20.3. The van der Waals surface area contributed by atoms with Gasteiger partial charge in [0.2, 0.25) is 0 Å². The first-order valence-corrected chi connectivity index (χ1v) is 12.0. The third-order valence-corrected chi connectivity index (χ3v) is 6.66. The Morgan fingerprint density at radius 3 is 2.45 bits per heavy atom. The lowest BCUT2D eigenvalue weighted by atomic mass is 10.1. The second-order valence-electron chi connectivity index (χ2n) is 9.14. The average Bonchev–Trinajstić information content (AvgIpc) is 3.61. The lowest BCUT2D eigenvalue weighted by Crippen LogP contribution is -2.39. The van der Waals surface area contributed by atoms with Crippen molar-refractivity contribution in [3.05, 3.63) is 79.4 Å². The number of amides is 1. The third kappa shape index (κ3) is 4.08. The van der Waals surface area contributed by atoms with E-state index in [1.807, 2.05) is 48.5 Å². The van der Waals surface area contributed by atoms with E-state index in [-0.39, 0.29) is 5.82 Å². The number of aryl methyl sites for hydroxylation is 1. The molecule has 0 aliphatic carbocycles. The van der Waals surface area contributed by atoms with Crippen LogP contribution < -0.4 is 11.1 Å². The third-order valence-electron chi connectivity index (χ3n) is 6.66. The van der Waals surface area contributed by atoms with Crippen LogP contribution in [0.4, 0.5) is 11.5 Å². The molecule has 1 amide bonds. The molecule has 5 aromatic rings. The Hall–Kier alpha value is -4.58. The summed E-state index contributed by atoms with van der Waals surface area (Å²) in [6.07, 6.45) is -0.531. The highest BCUT2D eigenvalue weighted by atomic mass is 16.6. The van der Waals surface area contributed by atoms with Crippen molar-refractivity contribution in [1.82, 2.24) is 24.3 Å². The summed E-state index contributed by atoms with van der Waals surface area (Å²) < 4.78 is 9.12. The molecule has 2 aromatic carbocycles. The van der Waals surface area contributed by atoms with Crippen LogP contribution in [0.2, 0.25) is 0 Å². The number of aromatic nitrogens is 5.